The van der Waals surface area contributed by atoms with Gasteiger partial charge in [0.2, 0.25) is 11.8 Å². The second-order valence-electron chi connectivity index (χ2n) is 7.71. The molecule has 164 valence electrons. The van der Waals surface area contributed by atoms with Gasteiger partial charge in [-0.15, -0.1) is 16.6 Å². The standard InChI is InChI=1S/C25H26N4O3/c1-6-11-26-14-22-28-29-25(32-22)17-7-9-19-18(12-17)23(15(2)3)24(27-19)16-8-10-20(30-4)21(13-16)31-5/h1,7-10,12-13,15,26-27H,11,14H2,2-5H3. The van der Waals surface area contributed by atoms with Crippen LogP contribution < -0.4 is 14.8 Å². The van der Waals surface area contributed by atoms with Crippen LogP contribution in [-0.2, 0) is 6.54 Å². The first-order valence-electron chi connectivity index (χ1n) is 10.4. The topological polar surface area (TPSA) is 85.2 Å². The molecule has 0 saturated carbocycles. The highest BCUT2D eigenvalue weighted by Crippen LogP contribution is 2.39. The van der Waals surface area contributed by atoms with Gasteiger partial charge in [-0.3, -0.25) is 5.32 Å². The van der Waals surface area contributed by atoms with Gasteiger partial charge >= 0.3 is 0 Å². The third kappa shape index (κ3) is 4.05. The van der Waals surface area contributed by atoms with Gasteiger partial charge in [-0.1, -0.05) is 19.8 Å². The van der Waals surface area contributed by atoms with Crippen molar-refractivity contribution in [2.45, 2.75) is 26.3 Å². The monoisotopic (exact) mass is 430 g/mol. The molecule has 0 aliphatic heterocycles. The van der Waals surface area contributed by atoms with Gasteiger partial charge in [-0.05, 0) is 47.9 Å². The summed E-state index contributed by atoms with van der Waals surface area (Å²) < 4.78 is 16.7. The predicted octanol–water partition coefficient (Wildman–Crippen LogP) is 4.75. The van der Waals surface area contributed by atoms with E-state index < -0.39 is 0 Å². The van der Waals surface area contributed by atoms with Gasteiger partial charge in [0, 0.05) is 22.0 Å². The molecule has 0 spiro atoms. The van der Waals surface area contributed by atoms with Crippen LogP contribution in [0.4, 0.5) is 0 Å². The maximum Gasteiger partial charge on any atom is 0.247 e. The second kappa shape index (κ2) is 9.16. The van der Waals surface area contributed by atoms with Crippen LogP contribution in [0.5, 0.6) is 11.5 Å². The second-order valence-corrected chi connectivity index (χ2v) is 7.71. The van der Waals surface area contributed by atoms with Gasteiger partial charge in [0.25, 0.3) is 0 Å². The Labute approximate surface area is 187 Å². The number of aromatic nitrogens is 3. The first-order valence-corrected chi connectivity index (χ1v) is 10.4. The first-order chi connectivity index (χ1) is 15.5. The minimum absolute atomic E-state index is 0.285. The molecule has 4 aromatic rings. The average molecular weight is 431 g/mol. The van der Waals surface area contributed by atoms with E-state index in [0.717, 1.165) is 27.7 Å². The van der Waals surface area contributed by atoms with Gasteiger partial charge in [-0.2, -0.15) is 0 Å². The zero-order valence-electron chi connectivity index (χ0n) is 18.7. The normalized spacial score (nSPS) is 11.1. The van der Waals surface area contributed by atoms with Crippen molar-refractivity contribution >= 4 is 10.9 Å². The van der Waals surface area contributed by atoms with E-state index in [0.29, 0.717) is 36.4 Å². The Kier molecular flexibility index (Phi) is 6.15. The Morgan fingerprint density at radius 1 is 1.06 bits per heavy atom. The fourth-order valence-corrected chi connectivity index (χ4v) is 3.85. The Balaban J connectivity index is 1.76. The minimum Gasteiger partial charge on any atom is -0.493 e. The fraction of sp³-hybridized carbons (Fsp3) is 0.280. The molecular formula is C25H26N4O3. The smallest absolute Gasteiger partial charge is 0.247 e. The molecule has 0 amide bonds. The van der Waals surface area contributed by atoms with Crippen molar-refractivity contribution < 1.29 is 13.9 Å². The molecule has 0 saturated heterocycles. The lowest BCUT2D eigenvalue weighted by molar-refractivity contribution is 0.355. The van der Waals surface area contributed by atoms with Crippen LogP contribution in [0.1, 0.15) is 31.2 Å². The van der Waals surface area contributed by atoms with Crippen molar-refractivity contribution in [2.24, 2.45) is 0 Å². The van der Waals surface area contributed by atoms with Crippen LogP contribution in [0.25, 0.3) is 33.6 Å². The van der Waals surface area contributed by atoms with Crippen molar-refractivity contribution in [1.29, 1.82) is 0 Å². The van der Waals surface area contributed by atoms with Crippen LogP contribution in [0.2, 0.25) is 0 Å². The van der Waals surface area contributed by atoms with Crippen molar-refractivity contribution in [3.8, 4) is 46.6 Å². The number of ether oxygens (including phenoxy) is 2. The zero-order valence-corrected chi connectivity index (χ0v) is 18.7. The number of hydrogen-bond donors (Lipinski definition) is 2. The summed E-state index contributed by atoms with van der Waals surface area (Å²) in [4.78, 5) is 3.58. The molecule has 7 nitrogen and oxygen atoms in total. The lowest BCUT2D eigenvalue weighted by Crippen LogP contribution is -2.13. The molecule has 0 unspecified atom stereocenters. The number of fused-ring (bicyclic) bond motifs is 1. The van der Waals surface area contributed by atoms with E-state index >= 15 is 0 Å². The Bertz CT molecular complexity index is 1280. The van der Waals surface area contributed by atoms with E-state index in [-0.39, 0.29) is 5.92 Å². The maximum absolute atomic E-state index is 5.82. The highest BCUT2D eigenvalue weighted by atomic mass is 16.5. The number of terminal acetylenes is 1. The molecule has 0 aliphatic carbocycles. The van der Waals surface area contributed by atoms with Crippen LogP contribution in [0.3, 0.4) is 0 Å². The molecule has 2 aromatic carbocycles. The summed E-state index contributed by atoms with van der Waals surface area (Å²) in [6, 6.07) is 12.1. The molecule has 0 atom stereocenters. The van der Waals surface area contributed by atoms with Gasteiger partial charge in [0.15, 0.2) is 11.5 Å². The summed E-state index contributed by atoms with van der Waals surface area (Å²) in [6.45, 7) is 5.25. The van der Waals surface area contributed by atoms with Gasteiger partial charge < -0.3 is 18.9 Å². The summed E-state index contributed by atoms with van der Waals surface area (Å²) in [6.07, 6.45) is 5.26. The summed E-state index contributed by atoms with van der Waals surface area (Å²) in [7, 11) is 3.28. The SMILES string of the molecule is C#CCNCc1nnc(-c2ccc3[nH]c(-c4ccc(OC)c(OC)c4)c(C(C)C)c3c2)o1. The number of aromatic amines is 1. The van der Waals surface area contributed by atoms with Crippen molar-refractivity contribution in [3.05, 3.63) is 47.9 Å². The maximum atomic E-state index is 5.82. The van der Waals surface area contributed by atoms with Gasteiger partial charge in [0.1, 0.15) is 0 Å². The molecule has 7 heteroatoms. The highest BCUT2D eigenvalue weighted by Gasteiger charge is 2.19. The average Bonchev–Trinajstić information content (AvgIpc) is 3.43. The largest absolute Gasteiger partial charge is 0.493 e. The fourth-order valence-electron chi connectivity index (χ4n) is 3.85. The van der Waals surface area contributed by atoms with E-state index in [2.05, 4.69) is 46.3 Å². The zero-order chi connectivity index (χ0) is 22.7. The molecule has 4 rings (SSSR count). The number of methoxy groups -OCH3 is 2. The molecule has 0 aliphatic rings. The summed E-state index contributed by atoms with van der Waals surface area (Å²) >= 11 is 0. The van der Waals surface area contributed by atoms with E-state index in [1.807, 2.05) is 30.3 Å². The van der Waals surface area contributed by atoms with E-state index in [4.69, 9.17) is 20.3 Å². The van der Waals surface area contributed by atoms with Crippen molar-refractivity contribution in [3.63, 3.8) is 0 Å². The van der Waals surface area contributed by atoms with Crippen molar-refractivity contribution in [1.82, 2.24) is 20.5 Å². The molecular weight excluding hydrogens is 404 g/mol. The summed E-state index contributed by atoms with van der Waals surface area (Å²) in [5, 5.41) is 12.5. The summed E-state index contributed by atoms with van der Waals surface area (Å²) in [5.74, 6) is 5.18. The third-order valence-electron chi connectivity index (χ3n) is 5.31. The lowest BCUT2D eigenvalue weighted by Gasteiger charge is -2.12. The molecule has 0 radical (unpaired) electrons. The first kappa shape index (κ1) is 21.5. The number of nitrogens with one attached hydrogen (secondary N) is 2. The Hall–Kier alpha value is -3.76. The number of benzene rings is 2. The third-order valence-corrected chi connectivity index (χ3v) is 5.31. The molecule has 0 bridgehead atoms. The highest BCUT2D eigenvalue weighted by molar-refractivity contribution is 5.94. The van der Waals surface area contributed by atoms with Crippen molar-refractivity contribution in [2.75, 3.05) is 20.8 Å². The number of H-pyrrole nitrogens is 1. The number of rotatable bonds is 8. The van der Waals surface area contributed by atoms with Crippen LogP contribution >= 0.6 is 0 Å². The molecule has 32 heavy (non-hydrogen) atoms. The number of hydrogen-bond acceptors (Lipinski definition) is 6. The van der Waals surface area contributed by atoms with Crippen LogP contribution in [0, 0.1) is 12.3 Å². The summed E-state index contributed by atoms with van der Waals surface area (Å²) in [5.41, 5.74) is 5.21. The van der Waals surface area contributed by atoms with E-state index in [9.17, 15) is 0 Å². The Morgan fingerprint density at radius 2 is 1.84 bits per heavy atom. The Morgan fingerprint density at radius 3 is 2.56 bits per heavy atom. The van der Waals surface area contributed by atoms with Gasteiger partial charge in [0.05, 0.1) is 33.0 Å². The molecule has 2 heterocycles. The van der Waals surface area contributed by atoms with Crippen LogP contribution in [-0.4, -0.2) is 35.9 Å². The lowest BCUT2D eigenvalue weighted by atomic mass is 9.95. The van der Waals surface area contributed by atoms with Gasteiger partial charge in [-0.25, -0.2) is 0 Å². The molecule has 2 N–H and O–H groups in total. The molecule has 2 aromatic heterocycles. The molecule has 0 fully saturated rings. The minimum atomic E-state index is 0.285. The van der Waals surface area contributed by atoms with E-state index in [1.165, 1.54) is 5.56 Å². The van der Waals surface area contributed by atoms with Crippen LogP contribution in [0.15, 0.2) is 40.8 Å². The quantitative estimate of drug-likeness (QED) is 0.310. The van der Waals surface area contributed by atoms with E-state index in [1.54, 1.807) is 14.2 Å². The number of nitrogens with zero attached hydrogens (tertiary/aromatic N) is 2. The predicted molar refractivity (Wildman–Crippen MR) is 125 cm³/mol.